The summed E-state index contributed by atoms with van der Waals surface area (Å²) in [6.45, 7) is 4.19. The van der Waals surface area contributed by atoms with E-state index in [0.29, 0.717) is 17.1 Å². The second-order valence-corrected chi connectivity index (χ2v) is 6.39. The maximum absolute atomic E-state index is 13.1. The summed E-state index contributed by atoms with van der Waals surface area (Å²) in [6.07, 6.45) is 0.0879. The van der Waals surface area contributed by atoms with Crippen LogP contribution in [0.3, 0.4) is 0 Å². The van der Waals surface area contributed by atoms with E-state index in [1.54, 1.807) is 37.3 Å². The van der Waals surface area contributed by atoms with Crippen molar-refractivity contribution in [2.75, 3.05) is 6.54 Å². The molecule has 0 radical (unpaired) electrons. The molecule has 0 bridgehead atoms. The lowest BCUT2D eigenvalue weighted by atomic mass is 10.1. The van der Waals surface area contributed by atoms with Gasteiger partial charge in [-0.15, -0.1) is 0 Å². The van der Waals surface area contributed by atoms with Crippen molar-refractivity contribution in [3.8, 4) is 0 Å². The number of amides is 2. The van der Waals surface area contributed by atoms with E-state index in [1.807, 2.05) is 13.0 Å². The highest BCUT2D eigenvalue weighted by Crippen LogP contribution is 2.18. The van der Waals surface area contributed by atoms with Gasteiger partial charge in [0.2, 0.25) is 11.8 Å². The molecule has 4 nitrogen and oxygen atoms in total. The van der Waals surface area contributed by atoms with E-state index in [0.717, 1.165) is 5.56 Å². The molecule has 0 aliphatic carbocycles. The maximum Gasteiger partial charge on any atom is 0.242 e. The first-order chi connectivity index (χ1) is 12.4. The molecular weight excluding hydrogens is 355 g/mol. The zero-order valence-corrected chi connectivity index (χ0v) is 15.6. The lowest BCUT2D eigenvalue weighted by molar-refractivity contribution is -0.140. The van der Waals surface area contributed by atoms with Crippen molar-refractivity contribution in [2.24, 2.45) is 0 Å². The maximum atomic E-state index is 13.1. The minimum absolute atomic E-state index is 0.0879. The Bertz CT molecular complexity index is 765. The second-order valence-electron chi connectivity index (χ2n) is 5.99. The molecule has 26 heavy (non-hydrogen) atoms. The standard InChI is InChI=1S/C20H22ClFN2O2/c1-3-23-20(26)14(2)24(13-15-8-10-17(22)11-9-15)19(25)12-16-6-4-5-7-18(16)21/h4-11,14H,3,12-13H2,1-2H3,(H,23,26)/t14-/m1/s1. The summed E-state index contributed by atoms with van der Waals surface area (Å²) in [5, 5.41) is 3.24. The largest absolute Gasteiger partial charge is 0.355 e. The predicted octanol–water partition coefficient (Wildman–Crippen LogP) is 3.58. The fourth-order valence-electron chi connectivity index (χ4n) is 2.60. The van der Waals surface area contributed by atoms with E-state index < -0.39 is 6.04 Å². The zero-order chi connectivity index (χ0) is 19.1. The molecular formula is C20H22ClFN2O2. The minimum atomic E-state index is -0.657. The van der Waals surface area contributed by atoms with Crippen molar-refractivity contribution in [3.63, 3.8) is 0 Å². The summed E-state index contributed by atoms with van der Waals surface area (Å²) < 4.78 is 13.1. The highest BCUT2D eigenvalue weighted by Gasteiger charge is 2.26. The molecule has 6 heteroatoms. The van der Waals surface area contributed by atoms with Gasteiger partial charge < -0.3 is 10.2 Å². The van der Waals surface area contributed by atoms with Crippen LogP contribution in [0.4, 0.5) is 4.39 Å². The number of carbonyl (C=O) groups is 2. The molecule has 2 aromatic carbocycles. The van der Waals surface area contributed by atoms with Crippen LogP contribution in [0.25, 0.3) is 0 Å². The van der Waals surface area contributed by atoms with Crippen LogP contribution in [0.15, 0.2) is 48.5 Å². The van der Waals surface area contributed by atoms with Crippen LogP contribution in [0.2, 0.25) is 5.02 Å². The SMILES string of the molecule is CCNC(=O)[C@@H](C)N(Cc1ccc(F)cc1)C(=O)Cc1ccccc1Cl. The quantitative estimate of drug-likeness (QED) is 0.803. The Morgan fingerprint density at radius 2 is 1.81 bits per heavy atom. The first-order valence-electron chi connectivity index (χ1n) is 8.47. The summed E-state index contributed by atoms with van der Waals surface area (Å²) in [7, 11) is 0. The minimum Gasteiger partial charge on any atom is -0.355 e. The van der Waals surface area contributed by atoms with Crippen molar-refractivity contribution < 1.29 is 14.0 Å². The Kier molecular flexibility index (Phi) is 7.16. The highest BCUT2D eigenvalue weighted by molar-refractivity contribution is 6.31. The van der Waals surface area contributed by atoms with Crippen molar-refractivity contribution in [3.05, 3.63) is 70.5 Å². The molecule has 0 heterocycles. The number of nitrogens with one attached hydrogen (secondary N) is 1. The molecule has 2 aromatic rings. The Balaban J connectivity index is 2.23. The Morgan fingerprint density at radius 3 is 2.42 bits per heavy atom. The summed E-state index contributed by atoms with van der Waals surface area (Å²) >= 11 is 6.15. The van der Waals surface area contributed by atoms with E-state index in [1.165, 1.54) is 17.0 Å². The highest BCUT2D eigenvalue weighted by atomic mass is 35.5. The monoisotopic (exact) mass is 376 g/mol. The molecule has 0 saturated heterocycles. The molecule has 0 aliphatic heterocycles. The third kappa shape index (κ3) is 5.30. The van der Waals surface area contributed by atoms with Crippen molar-refractivity contribution in [1.82, 2.24) is 10.2 Å². The third-order valence-electron chi connectivity index (χ3n) is 4.08. The first-order valence-corrected chi connectivity index (χ1v) is 8.85. The van der Waals surface area contributed by atoms with Gasteiger partial charge in [-0.25, -0.2) is 4.39 Å². The molecule has 0 spiro atoms. The number of hydrogen-bond donors (Lipinski definition) is 1. The average molecular weight is 377 g/mol. The smallest absolute Gasteiger partial charge is 0.242 e. The zero-order valence-electron chi connectivity index (χ0n) is 14.8. The number of hydrogen-bond acceptors (Lipinski definition) is 2. The third-order valence-corrected chi connectivity index (χ3v) is 4.45. The molecule has 0 fully saturated rings. The van der Waals surface area contributed by atoms with Gasteiger partial charge in [-0.2, -0.15) is 0 Å². The van der Waals surface area contributed by atoms with Crippen LogP contribution < -0.4 is 5.32 Å². The van der Waals surface area contributed by atoms with Crippen molar-refractivity contribution in [2.45, 2.75) is 32.9 Å². The van der Waals surface area contributed by atoms with Crippen LogP contribution in [0.5, 0.6) is 0 Å². The molecule has 138 valence electrons. The predicted molar refractivity (Wildman–Crippen MR) is 100 cm³/mol. The number of rotatable bonds is 7. The summed E-state index contributed by atoms with van der Waals surface area (Å²) in [5.74, 6) is -0.803. The van der Waals surface area contributed by atoms with E-state index in [2.05, 4.69) is 5.32 Å². The molecule has 0 saturated carbocycles. The molecule has 1 atom stereocenters. The van der Waals surface area contributed by atoms with E-state index in [9.17, 15) is 14.0 Å². The molecule has 0 aromatic heterocycles. The van der Waals surface area contributed by atoms with Gasteiger partial charge in [0.05, 0.1) is 6.42 Å². The second kappa shape index (κ2) is 9.34. The van der Waals surface area contributed by atoms with Gasteiger partial charge in [0.1, 0.15) is 11.9 Å². The number of benzene rings is 2. The number of nitrogens with zero attached hydrogens (tertiary/aromatic N) is 1. The van der Waals surface area contributed by atoms with Crippen molar-refractivity contribution >= 4 is 23.4 Å². The van der Waals surface area contributed by atoms with Gasteiger partial charge in [0, 0.05) is 18.1 Å². The fraction of sp³-hybridized carbons (Fsp3) is 0.300. The average Bonchev–Trinajstić information content (AvgIpc) is 2.62. The van der Waals surface area contributed by atoms with Crippen molar-refractivity contribution in [1.29, 1.82) is 0 Å². The van der Waals surface area contributed by atoms with Gasteiger partial charge in [-0.1, -0.05) is 41.9 Å². The fourth-order valence-corrected chi connectivity index (χ4v) is 2.80. The Hall–Kier alpha value is -2.40. The number of likely N-dealkylation sites (N-methyl/N-ethyl adjacent to an activating group) is 1. The number of halogens is 2. The molecule has 1 N–H and O–H groups in total. The normalized spacial score (nSPS) is 11.7. The van der Waals surface area contributed by atoms with E-state index in [-0.39, 0.29) is 30.6 Å². The van der Waals surface area contributed by atoms with E-state index in [4.69, 9.17) is 11.6 Å². The molecule has 0 unspecified atom stereocenters. The van der Waals surface area contributed by atoms with Crippen LogP contribution >= 0.6 is 11.6 Å². The first kappa shape index (κ1) is 19.9. The van der Waals surface area contributed by atoms with Gasteiger partial charge in [-0.05, 0) is 43.2 Å². The van der Waals surface area contributed by atoms with Crippen LogP contribution in [0, 0.1) is 5.82 Å². The van der Waals surface area contributed by atoms with Gasteiger partial charge >= 0.3 is 0 Å². The lowest BCUT2D eigenvalue weighted by Crippen LogP contribution is -2.48. The molecule has 2 rings (SSSR count). The van der Waals surface area contributed by atoms with E-state index >= 15 is 0 Å². The lowest BCUT2D eigenvalue weighted by Gasteiger charge is -2.29. The van der Waals surface area contributed by atoms with Crippen LogP contribution in [-0.4, -0.2) is 29.3 Å². The molecule has 2 amide bonds. The van der Waals surface area contributed by atoms with Gasteiger partial charge in [0.15, 0.2) is 0 Å². The summed E-state index contributed by atoms with van der Waals surface area (Å²) in [6, 6.07) is 12.3. The summed E-state index contributed by atoms with van der Waals surface area (Å²) in [5.41, 5.74) is 1.45. The van der Waals surface area contributed by atoms with Gasteiger partial charge in [-0.3, -0.25) is 9.59 Å². The Morgan fingerprint density at radius 1 is 1.15 bits per heavy atom. The van der Waals surface area contributed by atoms with Crippen LogP contribution in [0.1, 0.15) is 25.0 Å². The summed E-state index contributed by atoms with van der Waals surface area (Å²) in [4.78, 5) is 26.6. The number of carbonyl (C=O) groups excluding carboxylic acids is 2. The molecule has 0 aliphatic rings. The van der Waals surface area contributed by atoms with Gasteiger partial charge in [0.25, 0.3) is 0 Å². The topological polar surface area (TPSA) is 49.4 Å². The Labute approximate surface area is 158 Å². The van der Waals surface area contributed by atoms with Crippen LogP contribution in [-0.2, 0) is 22.6 Å².